The monoisotopic (exact) mass is 304 g/mol. The Balaban J connectivity index is 2.27. The van der Waals surface area contributed by atoms with Crippen molar-refractivity contribution in [3.8, 4) is 0 Å². The molecule has 0 amide bonds. The second-order valence-electron chi connectivity index (χ2n) is 3.79. The van der Waals surface area contributed by atoms with Crippen molar-refractivity contribution >= 4 is 26.0 Å². The highest BCUT2D eigenvalue weighted by atomic mass is 79.9. The minimum atomic E-state index is -3.34. The zero-order valence-corrected chi connectivity index (χ0v) is 11.3. The van der Waals surface area contributed by atoms with Crippen molar-refractivity contribution in [2.45, 2.75) is 10.9 Å². The molecule has 88 valence electrons. The average molecular weight is 305 g/mol. The van der Waals surface area contributed by atoms with Gasteiger partial charge in [0.15, 0.2) is 0 Å². The molecule has 6 heteroatoms. The molecule has 1 aliphatic heterocycles. The van der Waals surface area contributed by atoms with Crippen LogP contribution in [-0.2, 0) is 10.0 Å². The summed E-state index contributed by atoms with van der Waals surface area (Å²) < 4.78 is 26.6. The number of benzene rings is 1. The molecule has 0 spiro atoms. The Morgan fingerprint density at radius 2 is 1.88 bits per heavy atom. The van der Waals surface area contributed by atoms with Crippen molar-refractivity contribution in [3.63, 3.8) is 0 Å². The van der Waals surface area contributed by atoms with Crippen LogP contribution in [0.4, 0.5) is 0 Å². The van der Waals surface area contributed by atoms with Gasteiger partial charge in [-0.2, -0.15) is 4.31 Å². The van der Waals surface area contributed by atoms with Crippen molar-refractivity contribution in [2.24, 2.45) is 0 Å². The first-order valence-electron chi connectivity index (χ1n) is 4.96. The van der Waals surface area contributed by atoms with E-state index in [0.29, 0.717) is 4.90 Å². The first-order chi connectivity index (χ1) is 7.51. The maximum Gasteiger partial charge on any atom is 0.243 e. The zero-order chi connectivity index (χ0) is 11.8. The molecule has 1 aromatic carbocycles. The fourth-order valence-electron chi connectivity index (χ4n) is 1.50. The molecule has 2 rings (SSSR count). The summed E-state index contributed by atoms with van der Waals surface area (Å²) in [5, 5.41) is 3.06. The Hall–Kier alpha value is -0.430. The molecule has 1 fully saturated rings. The fraction of sp³-hybridized carbons (Fsp3) is 0.400. The molecular formula is C10H13BrN2O2S. The van der Waals surface area contributed by atoms with Crippen LogP contribution in [-0.4, -0.2) is 38.9 Å². The van der Waals surface area contributed by atoms with Crippen molar-refractivity contribution in [3.05, 3.63) is 28.7 Å². The van der Waals surface area contributed by atoms with E-state index < -0.39 is 10.0 Å². The summed E-state index contributed by atoms with van der Waals surface area (Å²) in [5.74, 6) is 0. The maximum atomic E-state index is 12.2. The minimum Gasteiger partial charge on any atom is -0.313 e. The van der Waals surface area contributed by atoms with E-state index in [9.17, 15) is 8.42 Å². The van der Waals surface area contributed by atoms with Crippen molar-refractivity contribution in [1.82, 2.24) is 9.62 Å². The van der Waals surface area contributed by atoms with Crippen LogP contribution >= 0.6 is 15.9 Å². The molecule has 0 aliphatic carbocycles. The Kier molecular flexibility index (Phi) is 3.34. The number of hydrogen-bond donors (Lipinski definition) is 1. The lowest BCUT2D eigenvalue weighted by Crippen LogP contribution is -2.57. The van der Waals surface area contributed by atoms with Gasteiger partial charge in [0, 0.05) is 30.7 Å². The third-order valence-electron chi connectivity index (χ3n) is 2.76. The highest BCUT2D eigenvalue weighted by Crippen LogP contribution is 2.20. The Labute approximate surface area is 104 Å². The van der Waals surface area contributed by atoms with E-state index >= 15 is 0 Å². The van der Waals surface area contributed by atoms with E-state index in [1.54, 1.807) is 31.3 Å². The molecule has 16 heavy (non-hydrogen) atoms. The lowest BCUT2D eigenvalue weighted by molar-refractivity contribution is 0.274. The molecule has 1 N–H and O–H groups in total. The Morgan fingerprint density at radius 3 is 2.31 bits per heavy atom. The molecule has 1 aliphatic rings. The van der Waals surface area contributed by atoms with Crippen LogP contribution in [0.25, 0.3) is 0 Å². The van der Waals surface area contributed by atoms with Gasteiger partial charge in [0.2, 0.25) is 10.0 Å². The fourth-order valence-corrected chi connectivity index (χ4v) is 3.12. The molecule has 0 radical (unpaired) electrons. The van der Waals surface area contributed by atoms with Gasteiger partial charge in [0.1, 0.15) is 0 Å². The van der Waals surface area contributed by atoms with Gasteiger partial charge < -0.3 is 5.32 Å². The summed E-state index contributed by atoms with van der Waals surface area (Å²) in [4.78, 5) is 0.338. The number of halogens is 1. The molecule has 1 heterocycles. The molecule has 1 aromatic rings. The van der Waals surface area contributed by atoms with Gasteiger partial charge in [0.05, 0.1) is 4.90 Å². The van der Waals surface area contributed by atoms with Crippen molar-refractivity contribution < 1.29 is 8.42 Å². The third-order valence-corrected chi connectivity index (χ3v) is 5.22. The number of likely N-dealkylation sites (N-methyl/N-ethyl adjacent to an activating group) is 1. The molecule has 0 unspecified atom stereocenters. The van der Waals surface area contributed by atoms with E-state index in [0.717, 1.165) is 17.6 Å². The van der Waals surface area contributed by atoms with E-state index in [1.165, 1.54) is 4.31 Å². The highest BCUT2D eigenvalue weighted by Gasteiger charge is 2.31. The summed E-state index contributed by atoms with van der Waals surface area (Å²) in [6.45, 7) is 1.46. The van der Waals surface area contributed by atoms with Crippen LogP contribution in [0.5, 0.6) is 0 Å². The highest BCUT2D eigenvalue weighted by molar-refractivity contribution is 9.10. The number of rotatable bonds is 3. The lowest BCUT2D eigenvalue weighted by Gasteiger charge is -2.34. The zero-order valence-electron chi connectivity index (χ0n) is 8.85. The second kappa shape index (κ2) is 4.44. The molecule has 0 saturated carbocycles. The first-order valence-corrected chi connectivity index (χ1v) is 7.19. The number of sulfonamides is 1. The molecule has 0 atom stereocenters. The summed E-state index contributed by atoms with van der Waals surface area (Å²) in [6.07, 6.45) is 0. The number of nitrogens with one attached hydrogen (secondary N) is 1. The quantitative estimate of drug-likeness (QED) is 0.908. The van der Waals surface area contributed by atoms with Crippen LogP contribution in [0, 0.1) is 0 Å². The summed E-state index contributed by atoms with van der Waals surface area (Å²) in [7, 11) is -1.72. The number of nitrogens with zero attached hydrogens (tertiary/aromatic N) is 1. The van der Waals surface area contributed by atoms with E-state index in [1.807, 2.05) is 0 Å². The smallest absolute Gasteiger partial charge is 0.243 e. The summed E-state index contributed by atoms with van der Waals surface area (Å²) in [5.41, 5.74) is 0. The first kappa shape index (κ1) is 12.0. The predicted octanol–water partition coefficient (Wildman–Crippen LogP) is 1.04. The van der Waals surface area contributed by atoms with Crippen LogP contribution in [0.3, 0.4) is 0 Å². The van der Waals surface area contributed by atoms with Crippen LogP contribution < -0.4 is 5.32 Å². The van der Waals surface area contributed by atoms with Gasteiger partial charge in [-0.05, 0) is 24.3 Å². The normalized spacial score (nSPS) is 17.4. The van der Waals surface area contributed by atoms with Crippen molar-refractivity contribution in [2.75, 3.05) is 20.1 Å². The lowest BCUT2D eigenvalue weighted by atomic mass is 10.2. The van der Waals surface area contributed by atoms with Gasteiger partial charge in [-0.1, -0.05) is 15.9 Å². The average Bonchev–Trinajstić information content (AvgIpc) is 2.15. The number of hydrogen-bond acceptors (Lipinski definition) is 3. The van der Waals surface area contributed by atoms with Gasteiger partial charge in [-0.15, -0.1) is 0 Å². The van der Waals surface area contributed by atoms with Gasteiger partial charge in [-0.3, -0.25) is 0 Å². The largest absolute Gasteiger partial charge is 0.313 e. The third kappa shape index (κ3) is 2.15. The SMILES string of the molecule is CN(C1CNC1)S(=O)(=O)c1ccc(Br)cc1. The molecule has 0 aromatic heterocycles. The van der Waals surface area contributed by atoms with Gasteiger partial charge in [0.25, 0.3) is 0 Å². The predicted molar refractivity (Wildman–Crippen MR) is 65.7 cm³/mol. The van der Waals surface area contributed by atoms with Gasteiger partial charge >= 0.3 is 0 Å². The van der Waals surface area contributed by atoms with E-state index in [4.69, 9.17) is 0 Å². The van der Waals surface area contributed by atoms with Gasteiger partial charge in [-0.25, -0.2) is 8.42 Å². The Bertz CT molecular complexity index is 468. The molecule has 0 bridgehead atoms. The topological polar surface area (TPSA) is 49.4 Å². The standard InChI is InChI=1S/C10H13BrN2O2S/c1-13(9-6-12-7-9)16(14,15)10-4-2-8(11)3-5-10/h2-5,9,12H,6-7H2,1H3. The van der Waals surface area contributed by atoms with Crippen LogP contribution in [0.1, 0.15) is 0 Å². The maximum absolute atomic E-state index is 12.2. The molecule has 1 saturated heterocycles. The summed E-state index contributed by atoms with van der Waals surface area (Å²) >= 11 is 3.28. The summed E-state index contributed by atoms with van der Waals surface area (Å²) in [6, 6.07) is 6.78. The van der Waals surface area contributed by atoms with Crippen molar-refractivity contribution in [1.29, 1.82) is 0 Å². The Morgan fingerprint density at radius 1 is 1.31 bits per heavy atom. The van der Waals surface area contributed by atoms with Crippen LogP contribution in [0.15, 0.2) is 33.6 Å². The van der Waals surface area contributed by atoms with E-state index in [-0.39, 0.29) is 6.04 Å². The molecule has 4 nitrogen and oxygen atoms in total. The molecular weight excluding hydrogens is 292 g/mol. The second-order valence-corrected chi connectivity index (χ2v) is 6.70. The minimum absolute atomic E-state index is 0.0775. The van der Waals surface area contributed by atoms with Crippen LogP contribution in [0.2, 0.25) is 0 Å². The van der Waals surface area contributed by atoms with E-state index in [2.05, 4.69) is 21.2 Å².